The molecule has 1 unspecified atom stereocenters. The van der Waals surface area contributed by atoms with Gasteiger partial charge in [-0.2, -0.15) is 0 Å². The van der Waals surface area contributed by atoms with E-state index in [4.69, 9.17) is 5.11 Å². The molecule has 0 spiro atoms. The van der Waals surface area contributed by atoms with Gasteiger partial charge in [0.2, 0.25) is 0 Å². The highest BCUT2D eigenvalue weighted by Crippen LogP contribution is 2.12. The van der Waals surface area contributed by atoms with Gasteiger partial charge in [-0.15, -0.1) is 0 Å². The summed E-state index contributed by atoms with van der Waals surface area (Å²) in [5.74, 6) is -0.548. The van der Waals surface area contributed by atoms with E-state index < -0.39 is 12.0 Å². The van der Waals surface area contributed by atoms with Gasteiger partial charge in [0.25, 0.3) is 0 Å². The van der Waals surface area contributed by atoms with Crippen molar-refractivity contribution in [3.63, 3.8) is 0 Å². The molecule has 4 heteroatoms. The second-order valence-corrected chi connectivity index (χ2v) is 5.76. The second-order valence-electron chi connectivity index (χ2n) is 5.76. The second kappa shape index (κ2) is 8.57. The number of carbonyl (C=O) groups is 2. The fourth-order valence-electron chi connectivity index (χ4n) is 2.23. The first-order valence-corrected chi connectivity index (χ1v) is 7.52. The molecule has 0 aliphatic heterocycles. The van der Waals surface area contributed by atoms with Gasteiger partial charge in [-0.3, -0.25) is 9.59 Å². The molecule has 2 N–H and O–H groups in total. The van der Waals surface area contributed by atoms with Crippen LogP contribution in [0.25, 0.3) is 0 Å². The van der Waals surface area contributed by atoms with E-state index in [0.29, 0.717) is 18.0 Å². The van der Waals surface area contributed by atoms with Crippen LogP contribution in [0.5, 0.6) is 0 Å². The normalized spacial score (nSPS) is 12.4. The maximum Gasteiger partial charge on any atom is 0.305 e. The van der Waals surface area contributed by atoms with Crippen LogP contribution in [0.15, 0.2) is 24.3 Å². The topological polar surface area (TPSA) is 66.4 Å². The average molecular weight is 291 g/mol. The first kappa shape index (κ1) is 17.4. The predicted molar refractivity (Wildman–Crippen MR) is 83.6 cm³/mol. The number of aliphatic carboxylic acids is 1. The molecule has 0 bridgehead atoms. The quantitative estimate of drug-likeness (QED) is 0.687. The fourth-order valence-corrected chi connectivity index (χ4v) is 2.23. The van der Waals surface area contributed by atoms with Gasteiger partial charge >= 0.3 is 5.97 Å². The summed E-state index contributed by atoms with van der Waals surface area (Å²) in [4.78, 5) is 23.3. The number of rotatable bonds is 9. The van der Waals surface area contributed by atoms with Crippen LogP contribution in [0.4, 0.5) is 0 Å². The van der Waals surface area contributed by atoms with Gasteiger partial charge in [-0.1, -0.05) is 45.0 Å². The molecular weight excluding hydrogens is 266 g/mol. The van der Waals surface area contributed by atoms with E-state index in [2.05, 4.69) is 19.2 Å². The molecule has 0 radical (unpaired) electrons. The number of hydrogen-bond donors (Lipinski definition) is 2. The van der Waals surface area contributed by atoms with Crippen molar-refractivity contribution in [2.75, 3.05) is 6.54 Å². The number of Topliss-reactive ketones (excluding diaryl/α,β-unsaturated/α-hetero) is 1. The van der Waals surface area contributed by atoms with Crippen molar-refractivity contribution in [2.24, 2.45) is 5.92 Å². The Kier molecular flexibility index (Phi) is 7.09. The minimum atomic E-state index is -0.964. The van der Waals surface area contributed by atoms with Crippen LogP contribution in [0, 0.1) is 5.92 Å². The number of nitrogens with one attached hydrogen (secondary N) is 1. The Morgan fingerprint density at radius 1 is 1.19 bits per heavy atom. The number of carboxylic acid groups (broad SMARTS) is 1. The molecule has 1 aromatic rings. The molecule has 0 heterocycles. The Labute approximate surface area is 126 Å². The zero-order valence-electron chi connectivity index (χ0n) is 13.1. The van der Waals surface area contributed by atoms with Crippen LogP contribution in [0.3, 0.4) is 0 Å². The number of hydrogen-bond acceptors (Lipinski definition) is 3. The van der Waals surface area contributed by atoms with E-state index in [0.717, 1.165) is 12.8 Å². The SMILES string of the molecule is CCCNC(CC(=O)O)C(=O)c1ccc(CC(C)C)cc1. The number of carboxylic acids is 1. The van der Waals surface area contributed by atoms with Crippen LogP contribution >= 0.6 is 0 Å². The number of carbonyl (C=O) groups excluding carboxylic acids is 1. The molecule has 4 nitrogen and oxygen atoms in total. The molecule has 0 aliphatic carbocycles. The van der Waals surface area contributed by atoms with Gasteiger partial charge in [0.05, 0.1) is 12.5 Å². The third-order valence-electron chi connectivity index (χ3n) is 3.22. The van der Waals surface area contributed by atoms with Gasteiger partial charge in [0.15, 0.2) is 5.78 Å². The summed E-state index contributed by atoms with van der Waals surface area (Å²) in [6, 6.07) is 6.83. The van der Waals surface area contributed by atoms with E-state index in [1.54, 1.807) is 12.1 Å². The third kappa shape index (κ3) is 6.08. The third-order valence-corrected chi connectivity index (χ3v) is 3.22. The highest BCUT2D eigenvalue weighted by atomic mass is 16.4. The molecule has 1 rings (SSSR count). The van der Waals surface area contributed by atoms with Crippen molar-refractivity contribution in [1.82, 2.24) is 5.32 Å². The molecule has 0 saturated heterocycles. The highest BCUT2D eigenvalue weighted by molar-refractivity contribution is 6.01. The Bertz CT molecular complexity index is 465. The minimum absolute atomic E-state index is 0.151. The molecule has 0 fully saturated rings. The lowest BCUT2D eigenvalue weighted by Crippen LogP contribution is -2.39. The van der Waals surface area contributed by atoms with Crippen molar-refractivity contribution in [3.8, 4) is 0 Å². The Hall–Kier alpha value is -1.68. The maximum atomic E-state index is 12.4. The van der Waals surface area contributed by atoms with E-state index in [1.165, 1.54) is 5.56 Å². The minimum Gasteiger partial charge on any atom is -0.481 e. The lowest BCUT2D eigenvalue weighted by molar-refractivity contribution is -0.137. The Morgan fingerprint density at radius 3 is 2.29 bits per heavy atom. The van der Waals surface area contributed by atoms with Crippen molar-refractivity contribution in [3.05, 3.63) is 35.4 Å². The van der Waals surface area contributed by atoms with Crippen LogP contribution in [0.1, 0.15) is 49.5 Å². The predicted octanol–water partition coefficient (Wildman–Crippen LogP) is 2.91. The van der Waals surface area contributed by atoms with Gasteiger partial charge in [-0.05, 0) is 30.9 Å². The lowest BCUT2D eigenvalue weighted by Gasteiger charge is -2.15. The van der Waals surface area contributed by atoms with Crippen LogP contribution in [-0.4, -0.2) is 29.4 Å². The molecule has 1 atom stereocenters. The maximum absolute atomic E-state index is 12.4. The average Bonchev–Trinajstić information content (AvgIpc) is 2.42. The van der Waals surface area contributed by atoms with E-state index in [-0.39, 0.29) is 12.2 Å². The summed E-state index contributed by atoms with van der Waals surface area (Å²) in [7, 11) is 0. The molecule has 0 saturated carbocycles. The molecular formula is C17H25NO3. The van der Waals surface area contributed by atoms with Crippen molar-refractivity contribution in [1.29, 1.82) is 0 Å². The van der Waals surface area contributed by atoms with Gasteiger partial charge < -0.3 is 10.4 Å². The first-order valence-electron chi connectivity index (χ1n) is 7.52. The summed E-state index contributed by atoms with van der Waals surface area (Å²) in [5, 5.41) is 11.9. The largest absolute Gasteiger partial charge is 0.481 e. The molecule has 1 aromatic carbocycles. The van der Waals surface area contributed by atoms with E-state index >= 15 is 0 Å². The zero-order valence-corrected chi connectivity index (χ0v) is 13.1. The van der Waals surface area contributed by atoms with Crippen LogP contribution < -0.4 is 5.32 Å². The first-order chi connectivity index (χ1) is 9.93. The molecule has 0 aromatic heterocycles. The standard InChI is InChI=1S/C17H25NO3/c1-4-9-18-15(11-16(19)20)17(21)14-7-5-13(6-8-14)10-12(2)3/h5-8,12,15,18H,4,9-11H2,1-3H3,(H,19,20). The van der Waals surface area contributed by atoms with Crippen LogP contribution in [-0.2, 0) is 11.2 Å². The smallest absolute Gasteiger partial charge is 0.305 e. The van der Waals surface area contributed by atoms with Gasteiger partial charge in [0, 0.05) is 5.56 Å². The number of benzene rings is 1. The van der Waals surface area contributed by atoms with E-state index in [9.17, 15) is 9.59 Å². The monoisotopic (exact) mass is 291 g/mol. The van der Waals surface area contributed by atoms with Gasteiger partial charge in [0.1, 0.15) is 0 Å². The summed E-state index contributed by atoms with van der Waals surface area (Å²) < 4.78 is 0. The summed E-state index contributed by atoms with van der Waals surface area (Å²) in [6.45, 7) is 6.92. The zero-order chi connectivity index (χ0) is 15.8. The molecule has 21 heavy (non-hydrogen) atoms. The summed E-state index contributed by atoms with van der Waals surface area (Å²) in [6.07, 6.45) is 1.64. The van der Waals surface area contributed by atoms with Gasteiger partial charge in [-0.25, -0.2) is 0 Å². The lowest BCUT2D eigenvalue weighted by atomic mass is 9.97. The van der Waals surface area contributed by atoms with Crippen molar-refractivity contribution < 1.29 is 14.7 Å². The van der Waals surface area contributed by atoms with E-state index in [1.807, 2.05) is 19.1 Å². The number of ketones is 1. The van der Waals surface area contributed by atoms with Crippen molar-refractivity contribution in [2.45, 2.75) is 46.1 Å². The Balaban J connectivity index is 2.79. The summed E-state index contributed by atoms with van der Waals surface area (Å²) in [5.41, 5.74) is 1.76. The Morgan fingerprint density at radius 2 is 1.81 bits per heavy atom. The molecule has 116 valence electrons. The summed E-state index contributed by atoms with van der Waals surface area (Å²) >= 11 is 0. The van der Waals surface area contributed by atoms with Crippen molar-refractivity contribution >= 4 is 11.8 Å². The van der Waals surface area contributed by atoms with Crippen LogP contribution in [0.2, 0.25) is 0 Å². The molecule has 0 aliphatic rings. The molecule has 0 amide bonds. The fraction of sp³-hybridized carbons (Fsp3) is 0.529. The highest BCUT2D eigenvalue weighted by Gasteiger charge is 2.22.